The number of pyridine rings is 1. The van der Waals surface area contributed by atoms with Crippen molar-refractivity contribution < 1.29 is 0 Å². The Balaban J connectivity index is 0.0000000983. The fraction of sp³-hybridized carbons (Fsp3) is 0. The molecule has 0 radical (unpaired) electrons. The summed E-state index contributed by atoms with van der Waals surface area (Å²) in [5.41, 5.74) is 30.0. The second-order valence-electron chi connectivity index (χ2n) is 37.7. The number of nitrogens with zero attached hydrogens (tertiary/aromatic N) is 14. The summed E-state index contributed by atoms with van der Waals surface area (Å²) in [6.07, 6.45) is 3.64. The number of aromatic nitrogens is 14. The van der Waals surface area contributed by atoms with Crippen LogP contribution >= 0.6 is 0 Å². The van der Waals surface area contributed by atoms with Crippen LogP contribution in [-0.2, 0) is 0 Å². The third kappa shape index (κ3) is 10.9. The monoisotopic (exact) mass is 1820 g/mol. The van der Waals surface area contributed by atoms with Gasteiger partial charge in [-0.15, -0.1) is 0 Å². The molecule has 14 heterocycles. The zero-order valence-corrected chi connectivity index (χ0v) is 76.5. The van der Waals surface area contributed by atoms with E-state index in [0.29, 0.717) is 17.5 Å². The summed E-state index contributed by atoms with van der Waals surface area (Å²) in [4.78, 5) is 35.5. The van der Waals surface area contributed by atoms with Gasteiger partial charge in [0.2, 0.25) is 11.9 Å². The molecule has 660 valence electrons. The average Bonchev–Trinajstić information content (AvgIpc) is 1.52. The highest BCUT2D eigenvalue weighted by molar-refractivity contribution is 6.39. The van der Waals surface area contributed by atoms with Crippen molar-refractivity contribution in [1.29, 1.82) is 0 Å². The van der Waals surface area contributed by atoms with Crippen molar-refractivity contribution in [3.8, 4) is 57.2 Å². The number of hydrogen-bond acceptors (Lipinski definition) is 7. The lowest BCUT2D eigenvalue weighted by Crippen LogP contribution is -2.03. The highest BCUT2D eigenvalue weighted by atomic mass is 15.2. The SMILES string of the molecule is c1ccc(-n2c3ccccc3c3ccc(-c4nc(-n5c6ccccc6c6cc7c8ccccc8n8c9ccccc9c(c65)c78)nc5ccccc45)cc32)cc1.c1ccc2cc(-c3nc(-c4ccc(-n5c6ccccc6c6c7c8ccccc8n8c9ccccc9c(cc65)c78)cc4)nc4ccccc34)ccc2c1.c1cnc2nc(-n3c4ccccc4c4c5c6ccccc6n6c7ccccc7c(cc43)c56)ncc2c1. The summed E-state index contributed by atoms with van der Waals surface area (Å²) in [7, 11) is 0. The molecule has 20 aromatic carbocycles. The van der Waals surface area contributed by atoms with Gasteiger partial charge < -0.3 is 22.3 Å². The van der Waals surface area contributed by atoms with Crippen LogP contribution in [0.1, 0.15) is 0 Å². The zero-order chi connectivity index (χ0) is 93.1. The van der Waals surface area contributed by atoms with Crippen molar-refractivity contribution in [3.05, 3.63) is 449 Å². The molecule has 0 saturated heterocycles. The Morgan fingerprint density at radius 1 is 0.175 bits per heavy atom. The lowest BCUT2D eigenvalue weighted by Gasteiger charge is -2.13. The minimum Gasteiger partial charge on any atom is -0.309 e. The van der Waals surface area contributed by atoms with Crippen LogP contribution < -0.4 is 0 Å². The predicted molar refractivity (Wildman–Crippen MR) is 592 cm³/mol. The molecule has 0 spiro atoms. The molecule has 0 atom stereocenters. The summed E-state index contributed by atoms with van der Waals surface area (Å²) in [6, 6.07) is 156. The first-order chi connectivity index (χ1) is 71.0. The van der Waals surface area contributed by atoms with Crippen molar-refractivity contribution in [2.45, 2.75) is 0 Å². The molecule has 0 saturated carbocycles. The maximum Gasteiger partial charge on any atom is 0.236 e. The van der Waals surface area contributed by atoms with E-state index in [4.69, 9.17) is 29.9 Å². The van der Waals surface area contributed by atoms with Crippen LogP contribution in [0.15, 0.2) is 449 Å². The Labute approximate surface area is 812 Å². The van der Waals surface area contributed by atoms with Gasteiger partial charge in [0.05, 0.1) is 116 Å². The van der Waals surface area contributed by atoms with Gasteiger partial charge in [0.15, 0.2) is 11.5 Å². The van der Waals surface area contributed by atoms with Gasteiger partial charge in [-0.3, -0.25) is 9.13 Å². The van der Waals surface area contributed by atoms with Crippen LogP contribution in [0.2, 0.25) is 0 Å². The van der Waals surface area contributed by atoms with E-state index in [2.05, 4.69) is 455 Å². The second kappa shape index (κ2) is 29.5. The highest BCUT2D eigenvalue weighted by Crippen LogP contribution is 2.52. The van der Waals surface area contributed by atoms with Gasteiger partial charge >= 0.3 is 0 Å². The molecule has 14 heteroatoms. The number of benzene rings is 20. The van der Waals surface area contributed by atoms with Crippen molar-refractivity contribution in [3.63, 3.8) is 0 Å². The maximum absolute atomic E-state index is 5.58. The van der Waals surface area contributed by atoms with Crippen LogP contribution in [0.3, 0.4) is 0 Å². The maximum atomic E-state index is 5.58. The molecule has 0 fully saturated rings. The number of hydrogen-bond donors (Lipinski definition) is 0. The molecule has 14 nitrogen and oxygen atoms in total. The van der Waals surface area contributed by atoms with Gasteiger partial charge in [0.1, 0.15) is 0 Å². The summed E-state index contributed by atoms with van der Waals surface area (Å²) in [5, 5.41) is 30.4. The Morgan fingerprint density at radius 2 is 0.552 bits per heavy atom. The summed E-state index contributed by atoms with van der Waals surface area (Å²) < 4.78 is 16.7. The Hall–Kier alpha value is -19.6. The molecule has 0 bridgehead atoms. The minimum absolute atomic E-state index is 0.633. The van der Waals surface area contributed by atoms with Gasteiger partial charge in [-0.25, -0.2) is 29.9 Å². The molecule has 34 aromatic rings. The van der Waals surface area contributed by atoms with Crippen LogP contribution in [0.4, 0.5) is 0 Å². The molecule has 143 heavy (non-hydrogen) atoms. The molecular formula is C129H74N14. The number of rotatable bonds is 7. The highest BCUT2D eigenvalue weighted by Gasteiger charge is 2.31. The Bertz CT molecular complexity index is 11500. The van der Waals surface area contributed by atoms with E-state index in [1.54, 1.807) is 6.20 Å². The van der Waals surface area contributed by atoms with Crippen LogP contribution in [0, 0.1) is 0 Å². The summed E-state index contributed by atoms with van der Waals surface area (Å²) in [6.45, 7) is 0. The normalized spacial score (nSPS) is 12.3. The summed E-state index contributed by atoms with van der Waals surface area (Å²) in [5.74, 6) is 2.01. The quantitative estimate of drug-likeness (QED) is 0.156. The number of para-hydroxylation sites is 13. The predicted octanol–water partition coefficient (Wildman–Crippen LogP) is 32.3. The van der Waals surface area contributed by atoms with Crippen LogP contribution in [0.5, 0.6) is 0 Å². The van der Waals surface area contributed by atoms with E-state index < -0.39 is 0 Å². The zero-order valence-electron chi connectivity index (χ0n) is 76.5. The first kappa shape index (κ1) is 77.6. The van der Waals surface area contributed by atoms with E-state index in [1.807, 2.05) is 24.4 Å². The van der Waals surface area contributed by atoms with E-state index in [1.165, 1.54) is 185 Å². The van der Waals surface area contributed by atoms with Crippen molar-refractivity contribution >= 4 is 245 Å². The van der Waals surface area contributed by atoms with Crippen LogP contribution in [0.25, 0.3) is 302 Å². The topological polar surface area (TPSA) is 123 Å². The Morgan fingerprint density at radius 3 is 1.13 bits per heavy atom. The second-order valence-corrected chi connectivity index (χ2v) is 37.7. The lowest BCUT2D eigenvalue weighted by molar-refractivity contribution is 1.00. The van der Waals surface area contributed by atoms with Crippen LogP contribution in [-0.4, -0.2) is 66.4 Å². The third-order valence-corrected chi connectivity index (χ3v) is 30.3. The standard InChI is InChI=1S/C50H29N5.C48H28N4.C31H17N5/c1-2-14-31(15-3-1)53-41-22-10-5-16-32(41)35-27-26-30(28-45(35)53)47-36-19-4-9-21-40(36)51-50(52-47)55-43-24-12-7-18-34(43)39-29-38-33-17-6-11-23-42(33)54-44-25-13-8-20-37(44)46(48(38)54)49(39)55;1-2-12-31-27-32(22-21-29(31)11-1)46-35-14-3-7-17-39(35)49-48(50-46)30-23-25-33(26-24-30)51-41-19-9-5-15-36(41)44-43(51)28-38-34-13-4-8-18-40(34)52-42-20-10-6-16-37(42)45(44)47(38)52;1-4-12-23-19(9-1)22-16-26-27(28-21-11-3-5-13-24(21)35(23)29(22)28)20-10-2-6-14-25(20)36(26)31-33-17-18-8-7-15-32-30(18)34-31/h1-29H;1-28H;1-17H. The van der Waals surface area contributed by atoms with Gasteiger partial charge in [0.25, 0.3) is 0 Å². The molecule has 0 aliphatic heterocycles. The van der Waals surface area contributed by atoms with Crippen molar-refractivity contribution in [2.75, 3.05) is 0 Å². The molecule has 0 amide bonds. The molecule has 0 unspecified atom stereocenters. The van der Waals surface area contributed by atoms with E-state index in [0.717, 1.165) is 100 Å². The Kier molecular flexibility index (Phi) is 16.0. The molecule has 34 rings (SSSR count). The van der Waals surface area contributed by atoms with E-state index >= 15 is 0 Å². The minimum atomic E-state index is 0.633. The smallest absolute Gasteiger partial charge is 0.236 e. The summed E-state index contributed by atoms with van der Waals surface area (Å²) >= 11 is 0. The molecule has 14 aromatic heterocycles. The van der Waals surface area contributed by atoms with Gasteiger partial charge in [-0.2, -0.15) is 4.98 Å². The van der Waals surface area contributed by atoms with Crippen molar-refractivity contribution in [2.24, 2.45) is 0 Å². The fourth-order valence-corrected chi connectivity index (χ4v) is 24.4. The van der Waals surface area contributed by atoms with E-state index in [-0.39, 0.29) is 0 Å². The van der Waals surface area contributed by atoms with Gasteiger partial charge in [-0.05, 0) is 162 Å². The third-order valence-electron chi connectivity index (χ3n) is 30.3. The average molecular weight is 1820 g/mol. The first-order valence-corrected chi connectivity index (χ1v) is 48.6. The largest absolute Gasteiger partial charge is 0.309 e. The van der Waals surface area contributed by atoms with Gasteiger partial charge in [0, 0.05) is 164 Å². The first-order valence-electron chi connectivity index (χ1n) is 48.6. The fourth-order valence-electron chi connectivity index (χ4n) is 24.4. The lowest BCUT2D eigenvalue weighted by atomic mass is 10.0. The van der Waals surface area contributed by atoms with Crippen molar-refractivity contribution in [1.82, 2.24) is 66.4 Å². The molecule has 0 N–H and O–H groups in total. The number of fused-ring (bicyclic) bond motifs is 37. The van der Waals surface area contributed by atoms with Gasteiger partial charge in [-0.1, -0.05) is 285 Å². The molecule has 0 aliphatic rings. The molecular weight excluding hydrogens is 1750 g/mol. The molecule has 0 aliphatic carbocycles. The van der Waals surface area contributed by atoms with E-state index in [9.17, 15) is 0 Å².